The average Bonchev–Trinajstić information content (AvgIpc) is 3.98. The van der Waals surface area contributed by atoms with Crippen LogP contribution < -0.4 is 0 Å². The maximum Gasteiger partial charge on any atom is 0.0737 e. The van der Waals surface area contributed by atoms with Gasteiger partial charge in [-0.05, 0) is 70.8 Å². The molecule has 0 saturated heterocycles. The van der Waals surface area contributed by atoms with E-state index in [2.05, 4.69) is 156 Å². The first-order valence-electron chi connectivity index (χ1n) is 16.2. The molecule has 1 unspecified atom stereocenters. The zero-order valence-electron chi connectivity index (χ0n) is 26.8. The first-order chi connectivity index (χ1) is 23.8. The molecule has 49 heavy (non-hydrogen) atoms. The summed E-state index contributed by atoms with van der Waals surface area (Å²) in [6.07, 6.45) is 8.54. The van der Waals surface area contributed by atoms with E-state index in [-0.39, 0.29) is 9.90 Å². The van der Waals surface area contributed by atoms with E-state index in [0.29, 0.717) is 0 Å². The van der Waals surface area contributed by atoms with Gasteiger partial charge in [-0.2, -0.15) is 9.90 Å². The second-order valence-corrected chi connectivity index (χ2v) is 12.0. The Morgan fingerprint density at radius 2 is 0.510 bits per heavy atom. The van der Waals surface area contributed by atoms with Crippen LogP contribution in [0.4, 0.5) is 0 Å². The molecule has 4 aromatic carbocycles. The van der Waals surface area contributed by atoms with Gasteiger partial charge in [-0.1, -0.05) is 121 Å². The Morgan fingerprint density at radius 1 is 0.286 bits per heavy atom. The Bertz CT molecular complexity index is 2180. The van der Waals surface area contributed by atoms with Crippen LogP contribution in [0.15, 0.2) is 146 Å². The van der Waals surface area contributed by atoms with Crippen LogP contribution >= 0.6 is 9.90 Å². The highest BCUT2D eigenvalue weighted by atomic mass is 31.0. The molecule has 0 radical (unpaired) electrons. The summed E-state index contributed by atoms with van der Waals surface area (Å²) in [4.78, 5) is 18.3. The van der Waals surface area contributed by atoms with Crippen molar-refractivity contribution in [2.24, 2.45) is 0 Å². The lowest BCUT2D eigenvalue weighted by atomic mass is 10.0. The van der Waals surface area contributed by atoms with Crippen molar-refractivity contribution in [3.05, 3.63) is 168 Å². The van der Waals surface area contributed by atoms with E-state index >= 15 is 0 Å². The van der Waals surface area contributed by atoms with Crippen molar-refractivity contribution in [2.75, 3.05) is 0 Å². The Morgan fingerprint density at radius 3 is 0.735 bits per heavy atom. The smallest absolute Gasteiger partial charge is 0.0737 e. The number of rotatable bonds is 4. The number of nitrogens with one attached hydrogen (secondary N) is 2. The standard InChI is InChI=1S/C44H30N4.H3P/c1-5-13-29(14-6-1)41-33-21-23-35(45-33)42(30-15-7-2-8-16-30)37-25-27-39(47-37)44(32-19-11-4-12-20-32)40-28-26-38(48-40)43(31-17-9-3-10-18-31)36-24-22-34(41)46-36;/h1-28,45,48H;1H3. The molecule has 0 amide bonds. The van der Waals surface area contributed by atoms with Crippen molar-refractivity contribution in [3.63, 3.8) is 0 Å². The fraction of sp³-hybridized carbons (Fsp3) is 0. The summed E-state index contributed by atoms with van der Waals surface area (Å²) < 4.78 is 0. The Balaban J connectivity index is 0.00000348. The van der Waals surface area contributed by atoms with Crippen LogP contribution in [0.3, 0.4) is 0 Å². The van der Waals surface area contributed by atoms with Crippen molar-refractivity contribution in [1.29, 1.82) is 0 Å². The van der Waals surface area contributed by atoms with E-state index in [0.717, 1.165) is 89.4 Å². The summed E-state index contributed by atoms with van der Waals surface area (Å²) in [7, 11) is 0. The Hall–Kier alpha value is -6.09. The summed E-state index contributed by atoms with van der Waals surface area (Å²) in [5.41, 5.74) is 16.2. The topological polar surface area (TPSA) is 57.4 Å². The van der Waals surface area contributed by atoms with Crippen molar-refractivity contribution in [1.82, 2.24) is 19.9 Å². The molecule has 9 rings (SSSR count). The lowest BCUT2D eigenvalue weighted by Crippen LogP contribution is -1.89. The summed E-state index contributed by atoms with van der Waals surface area (Å²) in [6.45, 7) is 0. The maximum atomic E-state index is 5.35. The van der Waals surface area contributed by atoms with E-state index < -0.39 is 0 Å². The number of H-pyrrole nitrogens is 2. The predicted molar refractivity (Wildman–Crippen MR) is 212 cm³/mol. The summed E-state index contributed by atoms with van der Waals surface area (Å²) in [6, 6.07) is 50.7. The second kappa shape index (κ2) is 12.8. The zero-order valence-corrected chi connectivity index (χ0v) is 28.2. The number of aromatic amines is 2. The first-order valence-corrected chi connectivity index (χ1v) is 16.2. The molecule has 0 spiro atoms. The molecule has 2 aliphatic heterocycles. The highest BCUT2D eigenvalue weighted by Gasteiger charge is 2.18. The molecule has 234 valence electrons. The number of benzene rings is 4. The minimum absolute atomic E-state index is 0. The van der Waals surface area contributed by atoms with E-state index in [1.54, 1.807) is 0 Å². The minimum Gasteiger partial charge on any atom is -0.354 e. The zero-order chi connectivity index (χ0) is 31.9. The van der Waals surface area contributed by atoms with Gasteiger partial charge in [0.05, 0.1) is 22.8 Å². The molecular weight excluding hydrogens is 615 g/mol. The van der Waals surface area contributed by atoms with Crippen LogP contribution in [0.25, 0.3) is 90.9 Å². The largest absolute Gasteiger partial charge is 0.354 e. The van der Waals surface area contributed by atoms with Crippen molar-refractivity contribution in [3.8, 4) is 44.5 Å². The number of hydrogen-bond acceptors (Lipinski definition) is 2. The normalized spacial score (nSPS) is 11.8. The van der Waals surface area contributed by atoms with Gasteiger partial charge in [-0.3, -0.25) is 0 Å². The van der Waals surface area contributed by atoms with Gasteiger partial charge in [0.2, 0.25) is 0 Å². The Labute approximate surface area is 288 Å². The van der Waals surface area contributed by atoms with Crippen molar-refractivity contribution < 1.29 is 0 Å². The summed E-state index contributed by atoms with van der Waals surface area (Å²) in [5, 5.41) is 0. The van der Waals surface area contributed by atoms with Crippen LogP contribution in [0.5, 0.6) is 0 Å². The van der Waals surface area contributed by atoms with Gasteiger partial charge >= 0.3 is 0 Å². The lowest BCUT2D eigenvalue weighted by Gasteiger charge is -2.07. The highest BCUT2D eigenvalue weighted by Crippen LogP contribution is 2.38. The summed E-state index contributed by atoms with van der Waals surface area (Å²) >= 11 is 0. The van der Waals surface area contributed by atoms with Crippen molar-refractivity contribution in [2.45, 2.75) is 0 Å². The maximum absolute atomic E-state index is 5.35. The number of aromatic nitrogens is 4. The molecule has 5 heteroatoms. The monoisotopic (exact) mass is 648 g/mol. The van der Waals surface area contributed by atoms with Crippen LogP contribution in [0, 0.1) is 0 Å². The fourth-order valence-electron chi connectivity index (χ4n) is 6.84. The van der Waals surface area contributed by atoms with Gasteiger partial charge in [0.15, 0.2) is 0 Å². The number of fused-ring (bicyclic) bond motifs is 8. The highest BCUT2D eigenvalue weighted by molar-refractivity contribution is 6.92. The molecule has 1 atom stereocenters. The van der Waals surface area contributed by atoms with Crippen LogP contribution in [-0.2, 0) is 0 Å². The second-order valence-electron chi connectivity index (χ2n) is 12.0. The summed E-state index contributed by atoms with van der Waals surface area (Å²) in [5.74, 6) is 0. The predicted octanol–water partition coefficient (Wildman–Crippen LogP) is 11.4. The van der Waals surface area contributed by atoms with E-state index in [9.17, 15) is 0 Å². The van der Waals surface area contributed by atoms with Crippen LogP contribution in [-0.4, -0.2) is 19.9 Å². The molecule has 7 aromatic rings. The third kappa shape index (κ3) is 5.53. The van der Waals surface area contributed by atoms with Gasteiger partial charge in [0, 0.05) is 44.3 Å². The quantitative estimate of drug-likeness (QED) is 0.187. The molecule has 0 saturated carbocycles. The molecule has 3 aromatic heterocycles. The molecule has 0 fully saturated rings. The van der Waals surface area contributed by atoms with Gasteiger partial charge in [-0.25, -0.2) is 9.97 Å². The molecule has 0 aliphatic carbocycles. The molecule has 2 N–H and O–H groups in total. The van der Waals surface area contributed by atoms with Crippen molar-refractivity contribution >= 4 is 56.3 Å². The third-order valence-electron chi connectivity index (χ3n) is 9.00. The lowest BCUT2D eigenvalue weighted by molar-refractivity contribution is 1.31. The van der Waals surface area contributed by atoms with Gasteiger partial charge in [0.1, 0.15) is 0 Å². The fourth-order valence-corrected chi connectivity index (χ4v) is 6.84. The molecule has 4 nitrogen and oxygen atoms in total. The number of hydrogen-bond donors (Lipinski definition) is 2. The van der Waals surface area contributed by atoms with E-state index in [1.807, 2.05) is 24.3 Å². The SMILES string of the molecule is C1=Cc2nc1c(-c1ccccc1)c1ccc([nH]1)c(-c1ccccc1)c1nc(c(-c3ccccc3)c3ccc([nH]3)c2-c2ccccc2)C=C1.P. The van der Waals surface area contributed by atoms with Gasteiger partial charge in [-0.15, -0.1) is 0 Å². The van der Waals surface area contributed by atoms with E-state index in [1.165, 1.54) is 0 Å². The average molecular weight is 649 g/mol. The molecule has 5 heterocycles. The number of nitrogens with zero attached hydrogens (tertiary/aromatic N) is 2. The first kappa shape index (κ1) is 30.3. The minimum atomic E-state index is 0. The molecular formula is C44H33N4P. The van der Waals surface area contributed by atoms with Crippen LogP contribution in [0.2, 0.25) is 0 Å². The Kier molecular flexibility index (Phi) is 7.93. The molecule has 8 bridgehead atoms. The van der Waals surface area contributed by atoms with Crippen LogP contribution in [0.1, 0.15) is 22.8 Å². The van der Waals surface area contributed by atoms with Gasteiger partial charge < -0.3 is 9.97 Å². The third-order valence-corrected chi connectivity index (χ3v) is 9.00. The van der Waals surface area contributed by atoms with E-state index in [4.69, 9.17) is 9.97 Å². The van der Waals surface area contributed by atoms with Gasteiger partial charge in [0.25, 0.3) is 0 Å². The molecule has 2 aliphatic rings.